The maximum atomic E-state index is 6.03. The first-order valence-corrected chi connectivity index (χ1v) is 5.54. The number of rotatable bonds is 4. The summed E-state index contributed by atoms with van der Waals surface area (Å²) < 4.78 is 5.22. The Balaban J connectivity index is 2.75. The fourth-order valence-corrected chi connectivity index (χ4v) is 1.52. The van der Waals surface area contributed by atoms with Crippen LogP contribution in [0.2, 0.25) is 10.0 Å². The van der Waals surface area contributed by atoms with Gasteiger partial charge in [0, 0.05) is 18.2 Å². The average molecular weight is 248 g/mol. The largest absolute Gasteiger partial charge is 0.380 e. The maximum Gasteiger partial charge on any atom is 0.0741 e. The maximum absolute atomic E-state index is 6.03. The summed E-state index contributed by atoms with van der Waals surface area (Å²) in [5.41, 5.74) is 0.834. The first-order chi connectivity index (χ1) is 7.04. The minimum Gasteiger partial charge on any atom is -0.380 e. The molecule has 0 bridgehead atoms. The second-order valence-electron chi connectivity index (χ2n) is 3.50. The van der Waals surface area contributed by atoms with E-state index in [-0.39, 0.29) is 12.1 Å². The highest BCUT2D eigenvalue weighted by Crippen LogP contribution is 2.26. The van der Waals surface area contributed by atoms with Crippen LogP contribution < -0.4 is 5.32 Å². The first-order valence-electron chi connectivity index (χ1n) is 4.79. The lowest BCUT2D eigenvalue weighted by Gasteiger charge is -2.21. The third-order valence-corrected chi connectivity index (χ3v) is 2.95. The highest BCUT2D eigenvalue weighted by Gasteiger charge is 2.12. The van der Waals surface area contributed by atoms with Crippen LogP contribution in [0.5, 0.6) is 0 Å². The molecule has 1 aromatic rings. The van der Waals surface area contributed by atoms with Gasteiger partial charge in [0.15, 0.2) is 0 Å². The molecular formula is C11H15Cl2NO. The van der Waals surface area contributed by atoms with E-state index in [1.165, 1.54) is 0 Å². The molecule has 2 unspecified atom stereocenters. The zero-order valence-electron chi connectivity index (χ0n) is 9.05. The Morgan fingerprint density at radius 1 is 1.27 bits per heavy atom. The van der Waals surface area contributed by atoms with Crippen LogP contribution in [0.25, 0.3) is 0 Å². The van der Waals surface area contributed by atoms with Crippen LogP contribution in [-0.4, -0.2) is 19.3 Å². The molecule has 0 aliphatic heterocycles. The molecule has 84 valence electrons. The van der Waals surface area contributed by atoms with Crippen LogP contribution in [0.4, 0.5) is 5.69 Å². The van der Waals surface area contributed by atoms with Crippen LogP contribution in [-0.2, 0) is 4.74 Å². The van der Waals surface area contributed by atoms with Crippen LogP contribution >= 0.6 is 23.2 Å². The second kappa shape index (κ2) is 5.59. The van der Waals surface area contributed by atoms with Gasteiger partial charge in [0.2, 0.25) is 0 Å². The van der Waals surface area contributed by atoms with E-state index in [0.717, 1.165) is 5.69 Å². The van der Waals surface area contributed by atoms with Gasteiger partial charge in [-0.15, -0.1) is 0 Å². The fraction of sp³-hybridized carbons (Fsp3) is 0.455. The minimum absolute atomic E-state index is 0.111. The summed E-state index contributed by atoms with van der Waals surface area (Å²) in [7, 11) is 1.68. The Morgan fingerprint density at radius 3 is 2.53 bits per heavy atom. The van der Waals surface area contributed by atoms with Gasteiger partial charge in [-0.1, -0.05) is 23.2 Å². The van der Waals surface area contributed by atoms with Crippen molar-refractivity contribution in [2.24, 2.45) is 0 Å². The molecule has 0 aromatic heterocycles. The summed E-state index contributed by atoms with van der Waals surface area (Å²) in [6.07, 6.45) is 0.111. The summed E-state index contributed by atoms with van der Waals surface area (Å²) in [6.45, 7) is 4.03. The average Bonchev–Trinajstić information content (AvgIpc) is 2.22. The Hall–Kier alpha value is -0.440. The lowest BCUT2D eigenvalue weighted by atomic mass is 10.2. The number of hydrogen-bond donors (Lipinski definition) is 1. The van der Waals surface area contributed by atoms with Crippen molar-refractivity contribution < 1.29 is 4.74 Å². The topological polar surface area (TPSA) is 21.3 Å². The monoisotopic (exact) mass is 247 g/mol. The molecule has 0 aliphatic rings. The molecule has 1 N–H and O–H groups in total. The predicted octanol–water partition coefficient (Wildman–Crippen LogP) is 3.83. The first kappa shape index (κ1) is 12.6. The number of nitrogens with one attached hydrogen (secondary N) is 1. The molecule has 15 heavy (non-hydrogen) atoms. The van der Waals surface area contributed by atoms with Crippen molar-refractivity contribution in [3.63, 3.8) is 0 Å². The molecule has 0 fully saturated rings. The summed E-state index contributed by atoms with van der Waals surface area (Å²) in [5, 5.41) is 4.59. The van der Waals surface area contributed by atoms with Gasteiger partial charge in [-0.25, -0.2) is 0 Å². The van der Waals surface area contributed by atoms with E-state index in [9.17, 15) is 0 Å². The van der Waals surface area contributed by atoms with Gasteiger partial charge >= 0.3 is 0 Å². The van der Waals surface area contributed by atoms with Crippen LogP contribution in [0.1, 0.15) is 13.8 Å². The van der Waals surface area contributed by atoms with Crippen LogP contribution in [0.3, 0.4) is 0 Å². The van der Waals surface area contributed by atoms with Gasteiger partial charge in [-0.05, 0) is 32.0 Å². The van der Waals surface area contributed by atoms with Crippen molar-refractivity contribution in [1.29, 1.82) is 0 Å². The Morgan fingerprint density at radius 2 is 1.93 bits per heavy atom. The zero-order chi connectivity index (χ0) is 11.4. The molecule has 0 radical (unpaired) electrons. The lowest BCUT2D eigenvalue weighted by molar-refractivity contribution is 0.106. The molecule has 0 amide bonds. The van der Waals surface area contributed by atoms with E-state index in [4.69, 9.17) is 27.9 Å². The van der Waals surface area contributed by atoms with Gasteiger partial charge in [0.25, 0.3) is 0 Å². The van der Waals surface area contributed by atoms with Crippen molar-refractivity contribution in [3.05, 3.63) is 28.2 Å². The highest BCUT2D eigenvalue weighted by atomic mass is 35.5. The molecule has 2 atom stereocenters. The van der Waals surface area contributed by atoms with Crippen molar-refractivity contribution in [2.75, 3.05) is 12.4 Å². The molecular weight excluding hydrogens is 233 g/mol. The number of halogens is 2. The van der Waals surface area contributed by atoms with Crippen LogP contribution in [0, 0.1) is 0 Å². The van der Waals surface area contributed by atoms with Gasteiger partial charge in [-0.2, -0.15) is 0 Å². The molecule has 2 nitrogen and oxygen atoms in total. The third kappa shape index (κ3) is 3.56. The summed E-state index contributed by atoms with van der Waals surface area (Å²) >= 11 is 11.9. The van der Waals surface area contributed by atoms with E-state index in [1.54, 1.807) is 19.2 Å². The molecule has 1 aromatic carbocycles. The van der Waals surface area contributed by atoms with Crippen molar-refractivity contribution in [3.8, 4) is 0 Å². The molecule has 0 saturated heterocycles. The normalized spacial score (nSPS) is 14.7. The Kier molecular flexibility index (Phi) is 4.71. The van der Waals surface area contributed by atoms with Gasteiger partial charge in [0.1, 0.15) is 0 Å². The van der Waals surface area contributed by atoms with E-state index < -0.39 is 0 Å². The number of anilines is 1. The van der Waals surface area contributed by atoms with Crippen molar-refractivity contribution in [1.82, 2.24) is 0 Å². The quantitative estimate of drug-likeness (QED) is 0.874. The molecule has 4 heteroatoms. The third-order valence-electron chi connectivity index (χ3n) is 2.39. The second-order valence-corrected chi connectivity index (χ2v) is 4.34. The molecule has 0 saturated carbocycles. The van der Waals surface area contributed by atoms with E-state index >= 15 is 0 Å². The predicted molar refractivity (Wildman–Crippen MR) is 66.0 cm³/mol. The number of benzene rings is 1. The minimum atomic E-state index is 0.111. The smallest absolute Gasteiger partial charge is 0.0741 e. The molecule has 0 heterocycles. The van der Waals surface area contributed by atoms with Gasteiger partial charge in [0.05, 0.1) is 16.8 Å². The van der Waals surface area contributed by atoms with E-state index in [2.05, 4.69) is 5.32 Å². The Bertz CT molecular complexity index is 330. The molecule has 0 spiro atoms. The summed E-state index contributed by atoms with van der Waals surface area (Å²) in [4.78, 5) is 0. The Labute approximate surface area is 101 Å². The van der Waals surface area contributed by atoms with Crippen molar-refractivity contribution >= 4 is 28.9 Å². The molecule has 1 rings (SSSR count). The van der Waals surface area contributed by atoms with Crippen molar-refractivity contribution in [2.45, 2.75) is 26.0 Å². The lowest BCUT2D eigenvalue weighted by Crippen LogP contribution is -2.29. The van der Waals surface area contributed by atoms with E-state index in [0.29, 0.717) is 10.0 Å². The SMILES string of the molecule is COC(C)C(C)Nc1cc(Cl)ccc1Cl. The summed E-state index contributed by atoms with van der Waals surface area (Å²) in [6, 6.07) is 5.52. The molecule has 0 aliphatic carbocycles. The highest BCUT2D eigenvalue weighted by molar-refractivity contribution is 6.35. The van der Waals surface area contributed by atoms with Gasteiger partial charge in [-0.3, -0.25) is 0 Å². The fourth-order valence-electron chi connectivity index (χ4n) is 1.17. The van der Waals surface area contributed by atoms with E-state index in [1.807, 2.05) is 19.9 Å². The van der Waals surface area contributed by atoms with Gasteiger partial charge < -0.3 is 10.1 Å². The summed E-state index contributed by atoms with van der Waals surface area (Å²) in [5.74, 6) is 0. The number of methoxy groups -OCH3 is 1. The number of ether oxygens (including phenoxy) is 1. The zero-order valence-corrected chi connectivity index (χ0v) is 10.6. The standard InChI is InChI=1S/C11H15Cl2NO/c1-7(8(2)15-3)14-11-6-9(12)4-5-10(11)13/h4-8,14H,1-3H3. The van der Waals surface area contributed by atoms with Crippen LogP contribution in [0.15, 0.2) is 18.2 Å². The number of hydrogen-bond acceptors (Lipinski definition) is 2.